The molecule has 0 amide bonds. The molecule has 1 heterocycles. The van der Waals surface area contributed by atoms with Crippen LogP contribution in [-0.4, -0.2) is 19.0 Å². The third kappa shape index (κ3) is 3.20. The first-order valence-corrected chi connectivity index (χ1v) is 7.36. The van der Waals surface area contributed by atoms with Crippen LogP contribution in [0.5, 0.6) is 0 Å². The Labute approximate surface area is 136 Å². The Balaban J connectivity index is 1.80. The van der Waals surface area contributed by atoms with Gasteiger partial charge in [-0.3, -0.25) is 0 Å². The van der Waals surface area contributed by atoms with Gasteiger partial charge in [-0.25, -0.2) is 9.38 Å². The van der Waals surface area contributed by atoms with E-state index in [1.54, 1.807) is 23.1 Å². The van der Waals surface area contributed by atoms with Crippen molar-refractivity contribution in [3.8, 4) is 0 Å². The number of aliphatic imine (C=N–C) groups is 1. The maximum absolute atomic E-state index is 14.1. The highest BCUT2D eigenvalue weighted by molar-refractivity contribution is 6.03. The average Bonchev–Trinajstić information content (AvgIpc) is 2.54. The topological polar surface area (TPSA) is 41.6 Å². The first-order chi connectivity index (χ1) is 11.4. The lowest BCUT2D eigenvalue weighted by Gasteiger charge is -2.29. The Morgan fingerprint density at radius 3 is 2.62 bits per heavy atom. The summed E-state index contributed by atoms with van der Waals surface area (Å²) in [6, 6.07) is 9.70. The van der Waals surface area contributed by atoms with Gasteiger partial charge >= 0.3 is 6.18 Å². The molecule has 0 bridgehead atoms. The highest BCUT2D eigenvalue weighted by atomic mass is 19.4. The molecule has 0 saturated heterocycles. The van der Waals surface area contributed by atoms with E-state index >= 15 is 0 Å². The molecule has 0 spiro atoms. The number of nitrogens with zero attached hydrogens (tertiary/aromatic N) is 2. The van der Waals surface area contributed by atoms with Crippen molar-refractivity contribution in [1.29, 1.82) is 0 Å². The zero-order chi connectivity index (χ0) is 17.3. The monoisotopic (exact) mass is 337 g/mol. The first kappa shape index (κ1) is 16.3. The van der Waals surface area contributed by atoms with Crippen molar-refractivity contribution in [3.05, 3.63) is 65.0 Å². The Kier molecular flexibility index (Phi) is 4.17. The third-order valence-electron chi connectivity index (χ3n) is 3.92. The quantitative estimate of drug-likeness (QED) is 0.870. The van der Waals surface area contributed by atoms with E-state index in [-0.39, 0.29) is 12.5 Å². The summed E-state index contributed by atoms with van der Waals surface area (Å²) in [6.07, 6.45) is -4.04. The molecule has 0 fully saturated rings. The van der Waals surface area contributed by atoms with Crippen molar-refractivity contribution in [2.45, 2.75) is 12.6 Å². The number of hydrogen-bond donors (Lipinski definition) is 1. The summed E-state index contributed by atoms with van der Waals surface area (Å²) in [5.74, 6) is -0.158. The zero-order valence-electron chi connectivity index (χ0n) is 12.6. The molecular weight excluding hydrogens is 322 g/mol. The Morgan fingerprint density at radius 2 is 1.88 bits per heavy atom. The minimum atomic E-state index is -4.38. The van der Waals surface area contributed by atoms with Crippen LogP contribution in [0.25, 0.3) is 0 Å². The van der Waals surface area contributed by atoms with Crippen LogP contribution in [0.15, 0.2) is 47.5 Å². The van der Waals surface area contributed by atoms with Crippen LogP contribution in [0.2, 0.25) is 0 Å². The van der Waals surface area contributed by atoms with E-state index < -0.39 is 17.6 Å². The molecule has 2 N–H and O–H groups in total. The second kappa shape index (κ2) is 6.14. The SMILES string of the molecule is NC1=NCN(CCc2cccc(C(F)(F)F)c2)c2c(F)cccc21. The van der Waals surface area contributed by atoms with Crippen molar-refractivity contribution in [2.24, 2.45) is 10.7 Å². The molecule has 0 radical (unpaired) electrons. The largest absolute Gasteiger partial charge is 0.416 e. The van der Waals surface area contributed by atoms with E-state index in [0.717, 1.165) is 12.1 Å². The van der Waals surface area contributed by atoms with Crippen LogP contribution in [0, 0.1) is 5.82 Å². The number of benzene rings is 2. The van der Waals surface area contributed by atoms with Crippen molar-refractivity contribution < 1.29 is 17.6 Å². The fourth-order valence-corrected chi connectivity index (χ4v) is 2.71. The summed E-state index contributed by atoms with van der Waals surface area (Å²) in [5, 5.41) is 0. The summed E-state index contributed by atoms with van der Waals surface area (Å²) in [5.41, 5.74) is 6.48. The molecule has 0 atom stereocenters. The maximum atomic E-state index is 14.1. The van der Waals surface area contributed by atoms with Gasteiger partial charge in [-0.2, -0.15) is 13.2 Å². The molecule has 24 heavy (non-hydrogen) atoms. The molecule has 2 aromatic carbocycles. The number of anilines is 1. The lowest BCUT2D eigenvalue weighted by molar-refractivity contribution is -0.137. The van der Waals surface area contributed by atoms with Gasteiger partial charge in [0.15, 0.2) is 0 Å². The van der Waals surface area contributed by atoms with E-state index in [0.29, 0.717) is 29.8 Å². The standard InChI is InChI=1S/C17H15F4N3/c18-14-6-2-5-13-15(14)24(10-23-16(13)22)8-7-11-3-1-4-12(9-11)17(19,20)21/h1-6,9H,7-8,10H2,(H2,22,23). The van der Waals surface area contributed by atoms with Gasteiger partial charge in [-0.1, -0.05) is 24.3 Å². The molecule has 0 saturated carbocycles. The Morgan fingerprint density at radius 1 is 1.12 bits per heavy atom. The van der Waals surface area contributed by atoms with Crippen molar-refractivity contribution in [3.63, 3.8) is 0 Å². The second-order valence-corrected chi connectivity index (χ2v) is 5.53. The third-order valence-corrected chi connectivity index (χ3v) is 3.92. The summed E-state index contributed by atoms with van der Waals surface area (Å²) in [7, 11) is 0. The van der Waals surface area contributed by atoms with Crippen LogP contribution >= 0.6 is 0 Å². The van der Waals surface area contributed by atoms with E-state index in [9.17, 15) is 17.6 Å². The number of rotatable bonds is 3. The van der Waals surface area contributed by atoms with Crippen LogP contribution in [0.1, 0.15) is 16.7 Å². The Hall–Kier alpha value is -2.57. The van der Waals surface area contributed by atoms with E-state index in [2.05, 4.69) is 4.99 Å². The normalized spacial score (nSPS) is 14.3. The minimum Gasteiger partial charge on any atom is -0.383 e. The van der Waals surface area contributed by atoms with E-state index in [4.69, 9.17) is 5.73 Å². The molecule has 3 nitrogen and oxygen atoms in total. The van der Waals surface area contributed by atoms with Gasteiger partial charge in [0.1, 0.15) is 18.3 Å². The summed E-state index contributed by atoms with van der Waals surface area (Å²) < 4.78 is 52.4. The smallest absolute Gasteiger partial charge is 0.383 e. The predicted molar refractivity (Wildman–Crippen MR) is 84.5 cm³/mol. The average molecular weight is 337 g/mol. The van der Waals surface area contributed by atoms with Crippen molar-refractivity contribution in [2.75, 3.05) is 18.1 Å². The van der Waals surface area contributed by atoms with Crippen LogP contribution in [0.4, 0.5) is 23.2 Å². The zero-order valence-corrected chi connectivity index (χ0v) is 12.6. The molecule has 0 unspecified atom stereocenters. The molecule has 1 aliphatic rings. The fraction of sp³-hybridized carbons (Fsp3) is 0.235. The van der Waals surface area contributed by atoms with Crippen molar-refractivity contribution in [1.82, 2.24) is 0 Å². The number of amidine groups is 1. The molecule has 3 rings (SSSR count). The maximum Gasteiger partial charge on any atom is 0.416 e. The number of para-hydroxylation sites is 1. The number of nitrogens with two attached hydrogens (primary N) is 1. The molecule has 2 aromatic rings. The van der Waals surface area contributed by atoms with Crippen LogP contribution < -0.4 is 10.6 Å². The molecule has 0 aliphatic carbocycles. The summed E-state index contributed by atoms with van der Waals surface area (Å²) in [6.45, 7) is 0.519. The minimum absolute atomic E-state index is 0.179. The second-order valence-electron chi connectivity index (χ2n) is 5.53. The Bertz CT molecular complexity index is 784. The van der Waals surface area contributed by atoms with Gasteiger partial charge in [0.25, 0.3) is 0 Å². The van der Waals surface area contributed by atoms with Crippen LogP contribution in [-0.2, 0) is 12.6 Å². The van der Waals surface area contributed by atoms with Gasteiger partial charge in [0, 0.05) is 12.1 Å². The van der Waals surface area contributed by atoms with Gasteiger partial charge in [0.05, 0.1) is 11.3 Å². The fourth-order valence-electron chi connectivity index (χ4n) is 2.71. The molecule has 1 aliphatic heterocycles. The van der Waals surface area contributed by atoms with Gasteiger partial charge in [0.2, 0.25) is 0 Å². The van der Waals surface area contributed by atoms with E-state index in [1.807, 2.05) is 0 Å². The molecule has 7 heteroatoms. The lowest BCUT2D eigenvalue weighted by atomic mass is 10.1. The van der Waals surface area contributed by atoms with Crippen molar-refractivity contribution >= 4 is 11.5 Å². The first-order valence-electron chi connectivity index (χ1n) is 7.36. The summed E-state index contributed by atoms with van der Waals surface area (Å²) >= 11 is 0. The van der Waals surface area contributed by atoms with Gasteiger partial charge in [-0.05, 0) is 30.2 Å². The highest BCUT2D eigenvalue weighted by Crippen LogP contribution is 2.30. The van der Waals surface area contributed by atoms with Gasteiger partial charge in [-0.15, -0.1) is 0 Å². The highest BCUT2D eigenvalue weighted by Gasteiger charge is 2.30. The van der Waals surface area contributed by atoms with Gasteiger partial charge < -0.3 is 10.6 Å². The number of halogens is 4. The lowest BCUT2D eigenvalue weighted by Crippen LogP contribution is -2.35. The molecular formula is C17H15F4N3. The van der Waals surface area contributed by atoms with E-state index in [1.165, 1.54) is 12.1 Å². The number of hydrogen-bond acceptors (Lipinski definition) is 3. The number of fused-ring (bicyclic) bond motifs is 1. The summed E-state index contributed by atoms with van der Waals surface area (Å²) in [4.78, 5) is 5.82. The number of alkyl halides is 3. The predicted octanol–water partition coefficient (Wildman–Crippen LogP) is 3.57. The molecule has 126 valence electrons. The molecule has 0 aromatic heterocycles. The van der Waals surface area contributed by atoms with Crippen LogP contribution in [0.3, 0.4) is 0 Å².